The van der Waals surface area contributed by atoms with Gasteiger partial charge in [0.05, 0.1) is 0 Å². The standard InChI is InChI=1S/C14H29N.C9H20.4CH4/c1-5-7-8-9-10-11-12-13(3)14(4)15-6-2;1-3-5-7-9-8-6-4-2;;;;/h13H,5-12H2,1-4H3;3-9H2,1-2H3;4*1H4. The average molecular weight is 404 g/mol. The summed E-state index contributed by atoms with van der Waals surface area (Å²) in [5.41, 5.74) is 1.34. The van der Waals surface area contributed by atoms with Gasteiger partial charge in [-0.15, -0.1) is 0 Å². The Morgan fingerprint density at radius 1 is 0.571 bits per heavy atom. The summed E-state index contributed by atoms with van der Waals surface area (Å²) in [5, 5.41) is 0. The molecule has 28 heavy (non-hydrogen) atoms. The molecule has 0 spiro atoms. The first-order chi connectivity index (χ1) is 11.6. The number of unbranched alkanes of at least 4 members (excludes halogenated alkanes) is 11. The van der Waals surface area contributed by atoms with Crippen LogP contribution in [0.3, 0.4) is 0 Å². The molecule has 0 aromatic carbocycles. The highest BCUT2D eigenvalue weighted by atomic mass is 14.7. The molecule has 1 unspecified atom stereocenters. The fraction of sp³-hybridized carbons (Fsp3) is 0.963. The third-order valence-electron chi connectivity index (χ3n) is 4.82. The largest absolute Gasteiger partial charge is 0.294 e. The maximum Gasteiger partial charge on any atom is 0.0360 e. The van der Waals surface area contributed by atoms with E-state index in [-0.39, 0.29) is 29.7 Å². The van der Waals surface area contributed by atoms with Crippen LogP contribution in [0.5, 0.6) is 0 Å². The zero-order valence-corrected chi connectivity index (χ0v) is 18.1. The molecule has 0 heterocycles. The summed E-state index contributed by atoms with van der Waals surface area (Å²) in [5.74, 6) is 0.691. The molecule has 0 aromatic heterocycles. The minimum Gasteiger partial charge on any atom is -0.294 e. The lowest BCUT2D eigenvalue weighted by atomic mass is 9.98. The molecule has 0 amide bonds. The van der Waals surface area contributed by atoms with Gasteiger partial charge in [-0.05, 0) is 26.2 Å². The quantitative estimate of drug-likeness (QED) is 0.190. The lowest BCUT2D eigenvalue weighted by Gasteiger charge is -2.10. The van der Waals surface area contributed by atoms with Crippen molar-refractivity contribution in [1.29, 1.82) is 0 Å². The van der Waals surface area contributed by atoms with Gasteiger partial charge in [0.15, 0.2) is 0 Å². The first-order valence-corrected chi connectivity index (χ1v) is 11.1. The van der Waals surface area contributed by atoms with E-state index in [9.17, 15) is 0 Å². The van der Waals surface area contributed by atoms with Gasteiger partial charge < -0.3 is 0 Å². The highest BCUT2D eigenvalue weighted by molar-refractivity contribution is 5.83. The van der Waals surface area contributed by atoms with E-state index >= 15 is 0 Å². The molecule has 0 aromatic rings. The van der Waals surface area contributed by atoms with Crippen LogP contribution in [0.1, 0.15) is 161 Å². The molecule has 0 saturated carbocycles. The van der Waals surface area contributed by atoms with Gasteiger partial charge in [-0.3, -0.25) is 4.99 Å². The molecule has 1 heteroatoms. The van der Waals surface area contributed by atoms with Gasteiger partial charge in [-0.1, -0.05) is 141 Å². The summed E-state index contributed by atoms with van der Waals surface area (Å²) in [6.07, 6.45) is 19.7. The van der Waals surface area contributed by atoms with E-state index in [4.69, 9.17) is 0 Å². The Hall–Kier alpha value is -0.330. The molecule has 0 aliphatic rings. The van der Waals surface area contributed by atoms with Crippen molar-refractivity contribution in [2.24, 2.45) is 10.9 Å². The van der Waals surface area contributed by atoms with Crippen molar-refractivity contribution in [3.8, 4) is 0 Å². The second-order valence-electron chi connectivity index (χ2n) is 7.34. The van der Waals surface area contributed by atoms with Crippen molar-refractivity contribution < 1.29 is 0 Å². The molecule has 0 aliphatic heterocycles. The molecule has 0 aliphatic carbocycles. The van der Waals surface area contributed by atoms with Crippen molar-refractivity contribution in [2.45, 2.75) is 161 Å². The van der Waals surface area contributed by atoms with E-state index in [0.717, 1.165) is 6.54 Å². The fourth-order valence-electron chi connectivity index (χ4n) is 2.88. The Labute approximate surface area is 184 Å². The van der Waals surface area contributed by atoms with Crippen LogP contribution in [0, 0.1) is 5.92 Å². The molecule has 0 radical (unpaired) electrons. The van der Waals surface area contributed by atoms with E-state index in [0.29, 0.717) is 5.92 Å². The van der Waals surface area contributed by atoms with E-state index in [1.807, 2.05) is 0 Å². The zero-order chi connectivity index (χ0) is 18.5. The molecule has 0 bridgehead atoms. The molecule has 1 atom stereocenters. The first-order valence-electron chi connectivity index (χ1n) is 11.1. The van der Waals surface area contributed by atoms with Gasteiger partial charge in [0.2, 0.25) is 0 Å². The molecule has 0 N–H and O–H groups in total. The van der Waals surface area contributed by atoms with Gasteiger partial charge in [0.25, 0.3) is 0 Å². The number of rotatable bonds is 15. The van der Waals surface area contributed by atoms with Crippen molar-refractivity contribution >= 4 is 5.71 Å². The number of hydrogen-bond acceptors (Lipinski definition) is 1. The SMILES string of the molecule is C.C.C.C.CCCCCCCCC.CCCCCCCCC(C)C(C)=NCC. The maximum atomic E-state index is 4.47. The topological polar surface area (TPSA) is 12.4 Å². The van der Waals surface area contributed by atoms with Crippen LogP contribution in [-0.2, 0) is 0 Å². The zero-order valence-electron chi connectivity index (χ0n) is 18.1. The molecule has 0 saturated heterocycles. The summed E-state index contributed by atoms with van der Waals surface area (Å²) in [6.45, 7) is 14.3. The van der Waals surface area contributed by atoms with E-state index in [1.165, 1.54) is 95.6 Å². The van der Waals surface area contributed by atoms with Crippen LogP contribution in [0.15, 0.2) is 4.99 Å². The van der Waals surface area contributed by atoms with Gasteiger partial charge in [0.1, 0.15) is 0 Å². The predicted molar refractivity (Wildman–Crippen MR) is 141 cm³/mol. The van der Waals surface area contributed by atoms with Crippen LogP contribution in [0.2, 0.25) is 0 Å². The summed E-state index contributed by atoms with van der Waals surface area (Å²) in [6, 6.07) is 0. The van der Waals surface area contributed by atoms with Crippen molar-refractivity contribution in [3.63, 3.8) is 0 Å². The fourth-order valence-corrected chi connectivity index (χ4v) is 2.88. The summed E-state index contributed by atoms with van der Waals surface area (Å²) < 4.78 is 0. The van der Waals surface area contributed by atoms with Gasteiger partial charge >= 0.3 is 0 Å². The number of hydrogen-bond donors (Lipinski definition) is 0. The second-order valence-corrected chi connectivity index (χ2v) is 7.34. The third kappa shape index (κ3) is 36.6. The van der Waals surface area contributed by atoms with Crippen molar-refractivity contribution in [3.05, 3.63) is 0 Å². The Kier molecular flexibility index (Phi) is 56.0. The number of aliphatic imine (C=N–C) groups is 1. The predicted octanol–water partition coefficient (Wildman–Crippen LogP) is 11.2. The van der Waals surface area contributed by atoms with Gasteiger partial charge in [-0.25, -0.2) is 0 Å². The van der Waals surface area contributed by atoms with Gasteiger partial charge in [-0.2, -0.15) is 0 Å². The molecule has 0 fully saturated rings. The van der Waals surface area contributed by atoms with Crippen LogP contribution in [0.25, 0.3) is 0 Å². The lowest BCUT2D eigenvalue weighted by molar-refractivity contribution is 0.555. The monoisotopic (exact) mass is 404 g/mol. The van der Waals surface area contributed by atoms with Crippen molar-refractivity contribution in [1.82, 2.24) is 0 Å². The molecule has 0 rings (SSSR count). The third-order valence-corrected chi connectivity index (χ3v) is 4.82. The Balaban J connectivity index is -0.0000000824. The Bertz CT molecular complexity index is 239. The average Bonchev–Trinajstić information content (AvgIpc) is 2.58. The first kappa shape index (κ1) is 41.9. The minimum atomic E-state index is 0. The highest BCUT2D eigenvalue weighted by Gasteiger charge is 2.04. The van der Waals surface area contributed by atoms with Crippen LogP contribution in [-0.4, -0.2) is 12.3 Å². The Morgan fingerprint density at radius 2 is 0.893 bits per heavy atom. The molecular weight excluding hydrogens is 338 g/mol. The van der Waals surface area contributed by atoms with Gasteiger partial charge in [0, 0.05) is 12.3 Å². The van der Waals surface area contributed by atoms with Crippen molar-refractivity contribution in [2.75, 3.05) is 6.54 Å². The maximum absolute atomic E-state index is 4.47. The summed E-state index contributed by atoms with van der Waals surface area (Å²) in [7, 11) is 0. The Morgan fingerprint density at radius 3 is 1.21 bits per heavy atom. The van der Waals surface area contributed by atoms with Crippen LogP contribution < -0.4 is 0 Å². The van der Waals surface area contributed by atoms with Crippen LogP contribution in [0.4, 0.5) is 0 Å². The second kappa shape index (κ2) is 37.4. The van der Waals surface area contributed by atoms with E-state index < -0.39 is 0 Å². The van der Waals surface area contributed by atoms with E-state index in [1.54, 1.807) is 0 Å². The summed E-state index contributed by atoms with van der Waals surface area (Å²) in [4.78, 5) is 4.47. The highest BCUT2D eigenvalue weighted by Crippen LogP contribution is 2.13. The van der Waals surface area contributed by atoms with Crippen LogP contribution >= 0.6 is 0 Å². The lowest BCUT2D eigenvalue weighted by Crippen LogP contribution is -2.07. The molecule has 1 nitrogen and oxygen atoms in total. The number of nitrogens with zero attached hydrogens (tertiary/aromatic N) is 1. The van der Waals surface area contributed by atoms with E-state index in [2.05, 4.69) is 46.5 Å². The normalized spacial score (nSPS) is 10.9. The molecular formula is C27H65N. The summed E-state index contributed by atoms with van der Waals surface area (Å²) >= 11 is 0. The minimum absolute atomic E-state index is 0. The smallest absolute Gasteiger partial charge is 0.0360 e. The molecule has 178 valence electrons.